The van der Waals surface area contributed by atoms with Crippen LogP contribution in [-0.4, -0.2) is 15.9 Å². The lowest BCUT2D eigenvalue weighted by atomic mass is 10.1. The molecule has 0 saturated carbocycles. The van der Waals surface area contributed by atoms with E-state index in [1.165, 1.54) is 0 Å². The maximum absolute atomic E-state index is 12.5. The minimum atomic E-state index is -1.81. The number of carbonyl (C=O) groups excluding carboxylic acids is 1. The van der Waals surface area contributed by atoms with Crippen LogP contribution >= 0.6 is 46.4 Å². The number of hydrogen-bond acceptors (Lipinski definition) is 3. The standard InChI is InChI=1S/C17H11Cl4N3O/c1-9-2-7-13-12(8-9)14(24-16(22-13)17(19,20)21)23-15(25)10-3-5-11(18)6-4-10/h2-8H,1H3,(H,22,23,24,25). The number of anilines is 1. The molecule has 1 heterocycles. The van der Waals surface area contributed by atoms with Gasteiger partial charge in [-0.15, -0.1) is 0 Å². The van der Waals surface area contributed by atoms with Crippen LogP contribution in [0.1, 0.15) is 21.7 Å². The summed E-state index contributed by atoms with van der Waals surface area (Å²) in [5.74, 6) is -0.0938. The van der Waals surface area contributed by atoms with E-state index < -0.39 is 3.79 Å². The molecule has 2 aromatic carbocycles. The van der Waals surface area contributed by atoms with E-state index in [4.69, 9.17) is 46.4 Å². The largest absolute Gasteiger partial charge is 0.306 e. The zero-order chi connectivity index (χ0) is 18.2. The number of benzene rings is 2. The molecule has 0 radical (unpaired) electrons. The second kappa shape index (κ2) is 6.96. The first-order chi connectivity index (χ1) is 11.7. The molecule has 1 N–H and O–H groups in total. The number of hydrogen-bond donors (Lipinski definition) is 1. The van der Waals surface area contributed by atoms with Crippen molar-refractivity contribution in [2.45, 2.75) is 10.7 Å². The molecule has 3 rings (SSSR count). The predicted molar refractivity (Wildman–Crippen MR) is 103 cm³/mol. The van der Waals surface area contributed by atoms with E-state index in [2.05, 4.69) is 15.3 Å². The lowest BCUT2D eigenvalue weighted by molar-refractivity contribution is 0.102. The van der Waals surface area contributed by atoms with Crippen LogP contribution in [0.5, 0.6) is 0 Å². The second-order valence-corrected chi connectivity index (χ2v) is 8.09. The summed E-state index contributed by atoms with van der Waals surface area (Å²) in [4.78, 5) is 21.0. The van der Waals surface area contributed by atoms with Gasteiger partial charge in [-0.2, -0.15) is 0 Å². The van der Waals surface area contributed by atoms with Crippen LogP contribution in [0.4, 0.5) is 5.82 Å². The van der Waals surface area contributed by atoms with Crippen molar-refractivity contribution in [2.24, 2.45) is 0 Å². The summed E-state index contributed by atoms with van der Waals surface area (Å²) in [6.45, 7) is 1.92. The first kappa shape index (κ1) is 18.2. The molecule has 0 saturated heterocycles. The fourth-order valence-electron chi connectivity index (χ4n) is 2.25. The van der Waals surface area contributed by atoms with Gasteiger partial charge >= 0.3 is 0 Å². The summed E-state index contributed by atoms with van der Waals surface area (Å²) >= 11 is 23.6. The molecule has 25 heavy (non-hydrogen) atoms. The highest BCUT2D eigenvalue weighted by molar-refractivity contribution is 6.66. The van der Waals surface area contributed by atoms with Crippen LogP contribution < -0.4 is 5.32 Å². The summed E-state index contributed by atoms with van der Waals surface area (Å²) in [7, 11) is 0. The van der Waals surface area contributed by atoms with Crippen molar-refractivity contribution in [3.63, 3.8) is 0 Å². The van der Waals surface area contributed by atoms with E-state index in [1.807, 2.05) is 19.1 Å². The van der Waals surface area contributed by atoms with Crippen molar-refractivity contribution in [1.29, 1.82) is 0 Å². The number of aromatic nitrogens is 2. The Bertz CT molecular complexity index is 953. The van der Waals surface area contributed by atoms with Crippen molar-refractivity contribution in [3.8, 4) is 0 Å². The summed E-state index contributed by atoms with van der Waals surface area (Å²) < 4.78 is -1.81. The fourth-order valence-corrected chi connectivity index (χ4v) is 2.62. The quantitative estimate of drug-likeness (QED) is 0.549. The van der Waals surface area contributed by atoms with Gasteiger partial charge in [0.1, 0.15) is 5.82 Å². The molecular formula is C17H11Cl4N3O. The SMILES string of the molecule is Cc1ccc2nc(C(Cl)(Cl)Cl)nc(NC(=O)c3ccc(Cl)cc3)c2c1. The van der Waals surface area contributed by atoms with Gasteiger partial charge in [0.25, 0.3) is 5.91 Å². The van der Waals surface area contributed by atoms with E-state index in [1.54, 1.807) is 30.3 Å². The molecule has 0 bridgehead atoms. The highest BCUT2D eigenvalue weighted by atomic mass is 35.6. The zero-order valence-electron chi connectivity index (χ0n) is 12.9. The van der Waals surface area contributed by atoms with E-state index in [9.17, 15) is 4.79 Å². The van der Waals surface area contributed by atoms with Gasteiger partial charge in [0.15, 0.2) is 5.82 Å². The van der Waals surface area contributed by atoms with Crippen molar-refractivity contribution in [2.75, 3.05) is 5.32 Å². The number of rotatable bonds is 2. The van der Waals surface area contributed by atoms with Gasteiger partial charge in [-0.25, -0.2) is 9.97 Å². The van der Waals surface area contributed by atoms with Crippen molar-refractivity contribution < 1.29 is 4.79 Å². The monoisotopic (exact) mass is 413 g/mol. The van der Waals surface area contributed by atoms with Gasteiger partial charge in [-0.1, -0.05) is 58.0 Å². The molecule has 0 aliphatic rings. The van der Waals surface area contributed by atoms with Crippen molar-refractivity contribution in [3.05, 3.63) is 64.4 Å². The van der Waals surface area contributed by atoms with E-state index in [-0.39, 0.29) is 17.5 Å². The molecule has 3 aromatic rings. The highest BCUT2D eigenvalue weighted by Gasteiger charge is 2.28. The number of halogens is 4. The maximum Gasteiger partial charge on any atom is 0.256 e. The predicted octanol–water partition coefficient (Wildman–Crippen LogP) is 5.67. The van der Waals surface area contributed by atoms with Crippen LogP contribution in [0, 0.1) is 6.92 Å². The Balaban J connectivity index is 2.08. The molecule has 4 nitrogen and oxygen atoms in total. The Morgan fingerprint density at radius 2 is 1.72 bits per heavy atom. The zero-order valence-corrected chi connectivity index (χ0v) is 15.9. The minimum absolute atomic E-state index is 0.0136. The van der Waals surface area contributed by atoms with Gasteiger partial charge in [0.05, 0.1) is 5.52 Å². The fraction of sp³-hybridized carbons (Fsp3) is 0.118. The smallest absolute Gasteiger partial charge is 0.256 e. The third-order valence-electron chi connectivity index (χ3n) is 3.44. The van der Waals surface area contributed by atoms with Crippen molar-refractivity contribution in [1.82, 2.24) is 9.97 Å². The first-order valence-corrected chi connectivity index (χ1v) is 8.68. The summed E-state index contributed by atoms with van der Waals surface area (Å²) in [5, 5.41) is 3.94. The minimum Gasteiger partial charge on any atom is -0.306 e. The summed E-state index contributed by atoms with van der Waals surface area (Å²) in [5.41, 5.74) is 1.98. The van der Waals surface area contributed by atoms with Gasteiger partial charge in [0, 0.05) is 16.0 Å². The van der Waals surface area contributed by atoms with E-state index in [0.29, 0.717) is 21.5 Å². The number of alkyl halides is 3. The van der Waals surface area contributed by atoms with Crippen LogP contribution in [0.15, 0.2) is 42.5 Å². The van der Waals surface area contributed by atoms with E-state index >= 15 is 0 Å². The average molecular weight is 415 g/mol. The number of amides is 1. The molecule has 0 atom stereocenters. The Kier molecular flexibility index (Phi) is 5.07. The molecule has 0 aliphatic heterocycles. The van der Waals surface area contributed by atoms with E-state index in [0.717, 1.165) is 5.56 Å². The lowest BCUT2D eigenvalue weighted by Crippen LogP contribution is -2.16. The molecule has 1 amide bonds. The Hall–Kier alpha value is -1.59. The van der Waals surface area contributed by atoms with Crippen LogP contribution in [0.2, 0.25) is 5.02 Å². The summed E-state index contributed by atoms with van der Waals surface area (Å²) in [6.07, 6.45) is 0. The molecule has 1 aromatic heterocycles. The molecule has 0 aliphatic carbocycles. The normalized spacial score (nSPS) is 11.6. The first-order valence-electron chi connectivity index (χ1n) is 7.16. The Labute approximate surface area is 164 Å². The van der Waals surface area contributed by atoms with Gasteiger partial charge < -0.3 is 5.32 Å². The lowest BCUT2D eigenvalue weighted by Gasteiger charge is -2.14. The molecule has 8 heteroatoms. The van der Waals surface area contributed by atoms with Crippen LogP contribution in [0.3, 0.4) is 0 Å². The second-order valence-electron chi connectivity index (χ2n) is 5.38. The van der Waals surface area contributed by atoms with Gasteiger partial charge in [0.2, 0.25) is 3.79 Å². The van der Waals surface area contributed by atoms with Crippen molar-refractivity contribution >= 4 is 69.0 Å². The molecule has 0 fully saturated rings. The summed E-state index contributed by atoms with van der Waals surface area (Å²) in [6, 6.07) is 12.0. The number of nitrogens with zero attached hydrogens (tertiary/aromatic N) is 2. The third kappa shape index (κ3) is 4.15. The number of nitrogens with one attached hydrogen (secondary N) is 1. The van der Waals surface area contributed by atoms with Gasteiger partial charge in [-0.3, -0.25) is 4.79 Å². The highest BCUT2D eigenvalue weighted by Crippen LogP contribution is 2.37. The third-order valence-corrected chi connectivity index (χ3v) is 4.20. The number of carbonyl (C=O) groups is 1. The van der Waals surface area contributed by atoms with Gasteiger partial charge in [-0.05, 0) is 43.3 Å². The van der Waals surface area contributed by atoms with Crippen LogP contribution in [0.25, 0.3) is 10.9 Å². The average Bonchev–Trinajstić information content (AvgIpc) is 2.54. The Morgan fingerprint density at radius 1 is 1.04 bits per heavy atom. The molecule has 0 unspecified atom stereocenters. The Morgan fingerprint density at radius 3 is 2.36 bits per heavy atom. The number of fused-ring (bicyclic) bond motifs is 1. The topological polar surface area (TPSA) is 54.9 Å². The molecular weight excluding hydrogens is 404 g/mol. The maximum atomic E-state index is 12.5. The van der Waals surface area contributed by atoms with Crippen LogP contribution in [-0.2, 0) is 3.79 Å². The molecule has 128 valence electrons. The number of aryl methyl sites for hydroxylation is 1. The molecule has 0 spiro atoms.